The first kappa shape index (κ1) is 5.91. The molecule has 1 N–H and O–H groups in total. The van der Waals surface area contributed by atoms with Gasteiger partial charge in [-0.2, -0.15) is 0 Å². The molecule has 0 saturated carbocycles. The van der Waals surface area contributed by atoms with Crippen molar-refractivity contribution in [3.63, 3.8) is 0 Å². The molecule has 1 aliphatic heterocycles. The molecule has 0 aliphatic carbocycles. The number of rotatable bonds is 2. The van der Waals surface area contributed by atoms with Crippen LogP contribution in [-0.2, 0) is 4.74 Å². The Balaban J connectivity index is 2.41. The van der Waals surface area contributed by atoms with Crippen molar-refractivity contribution in [2.45, 2.75) is 12.0 Å². The van der Waals surface area contributed by atoms with Gasteiger partial charge in [-0.1, -0.05) is 0 Å². The molecule has 0 radical (unpaired) electrons. The molecule has 1 heterocycles. The van der Waals surface area contributed by atoms with E-state index in [1.807, 2.05) is 0 Å². The first-order valence-corrected chi connectivity index (χ1v) is 2.24. The summed E-state index contributed by atoms with van der Waals surface area (Å²) < 4.78 is 27.5. The van der Waals surface area contributed by atoms with Crippen molar-refractivity contribution in [2.24, 2.45) is 0 Å². The molecular formula is C4H6F2O2. The minimum atomic E-state index is -2.55. The second kappa shape index (κ2) is 1.63. The zero-order valence-corrected chi connectivity index (χ0v) is 4.10. The van der Waals surface area contributed by atoms with Gasteiger partial charge < -0.3 is 9.84 Å². The quantitative estimate of drug-likeness (QED) is 0.526. The number of aliphatic hydroxyl groups is 1. The summed E-state index contributed by atoms with van der Waals surface area (Å²) in [6.07, 6.45) is -2.55. The van der Waals surface area contributed by atoms with Crippen LogP contribution in [0.15, 0.2) is 0 Å². The predicted molar refractivity (Wildman–Crippen MR) is 21.8 cm³/mol. The molecule has 0 aromatic heterocycles. The fourth-order valence-electron chi connectivity index (χ4n) is 0.379. The number of aliphatic hydroxyl groups excluding tert-OH is 1. The highest BCUT2D eigenvalue weighted by molar-refractivity contribution is 4.93. The summed E-state index contributed by atoms with van der Waals surface area (Å²) in [4.78, 5) is 0. The lowest BCUT2D eigenvalue weighted by Gasteiger charge is -2.03. The Kier molecular flexibility index (Phi) is 1.21. The lowest BCUT2D eigenvalue weighted by molar-refractivity contribution is 0.0135. The molecule has 48 valence electrons. The fraction of sp³-hybridized carbons (Fsp3) is 1.00. The van der Waals surface area contributed by atoms with Gasteiger partial charge in [0.2, 0.25) is 0 Å². The molecule has 8 heavy (non-hydrogen) atoms. The second-order valence-corrected chi connectivity index (χ2v) is 1.81. The smallest absolute Gasteiger partial charge is 0.271 e. The van der Waals surface area contributed by atoms with Crippen LogP contribution in [0.1, 0.15) is 0 Å². The van der Waals surface area contributed by atoms with E-state index in [1.165, 1.54) is 0 Å². The second-order valence-electron chi connectivity index (χ2n) is 1.81. The standard InChI is InChI=1S/C4H6F2O2/c5-3(6)4(1-7)2-8-4/h3,7H,1-2H2/t4-/m0/s1. The van der Waals surface area contributed by atoms with Crippen LogP contribution in [0.5, 0.6) is 0 Å². The molecule has 1 fully saturated rings. The molecule has 4 heteroatoms. The maximum atomic E-state index is 11.6. The van der Waals surface area contributed by atoms with E-state index in [4.69, 9.17) is 5.11 Å². The van der Waals surface area contributed by atoms with E-state index in [1.54, 1.807) is 0 Å². The van der Waals surface area contributed by atoms with Gasteiger partial charge in [-0.15, -0.1) is 0 Å². The van der Waals surface area contributed by atoms with E-state index in [0.717, 1.165) is 0 Å². The van der Waals surface area contributed by atoms with E-state index >= 15 is 0 Å². The number of halogens is 2. The van der Waals surface area contributed by atoms with Crippen molar-refractivity contribution in [3.05, 3.63) is 0 Å². The number of hydrogen-bond acceptors (Lipinski definition) is 2. The Labute approximate surface area is 45.1 Å². The van der Waals surface area contributed by atoms with Crippen LogP contribution in [0.4, 0.5) is 8.78 Å². The zero-order chi connectivity index (χ0) is 6.20. The fourth-order valence-corrected chi connectivity index (χ4v) is 0.379. The molecular weight excluding hydrogens is 118 g/mol. The number of hydrogen-bond donors (Lipinski definition) is 1. The maximum absolute atomic E-state index is 11.6. The highest BCUT2D eigenvalue weighted by atomic mass is 19.3. The van der Waals surface area contributed by atoms with Crippen LogP contribution in [0, 0.1) is 0 Å². The number of alkyl halides is 2. The molecule has 0 bridgehead atoms. The Hall–Kier alpha value is -0.220. The van der Waals surface area contributed by atoms with Gasteiger partial charge in [-0.25, -0.2) is 8.78 Å². The molecule has 0 aromatic rings. The normalized spacial score (nSPS) is 36.0. The Morgan fingerprint density at radius 3 is 2.25 bits per heavy atom. The van der Waals surface area contributed by atoms with E-state index < -0.39 is 18.6 Å². The van der Waals surface area contributed by atoms with Gasteiger partial charge in [0, 0.05) is 0 Å². The average molecular weight is 124 g/mol. The third kappa shape index (κ3) is 0.695. The Morgan fingerprint density at radius 2 is 2.25 bits per heavy atom. The van der Waals surface area contributed by atoms with Gasteiger partial charge >= 0.3 is 0 Å². The van der Waals surface area contributed by atoms with E-state index in [2.05, 4.69) is 4.74 Å². The minimum absolute atomic E-state index is 0.0127. The van der Waals surface area contributed by atoms with Crippen LogP contribution in [0.3, 0.4) is 0 Å². The van der Waals surface area contributed by atoms with Crippen LogP contribution in [-0.4, -0.2) is 30.3 Å². The third-order valence-corrected chi connectivity index (χ3v) is 1.18. The highest BCUT2D eigenvalue weighted by Crippen LogP contribution is 2.32. The van der Waals surface area contributed by atoms with E-state index in [-0.39, 0.29) is 6.61 Å². The van der Waals surface area contributed by atoms with Gasteiger partial charge in [0.1, 0.15) is 0 Å². The molecule has 1 rings (SSSR count). The molecule has 0 spiro atoms. The van der Waals surface area contributed by atoms with Crippen molar-refractivity contribution in [2.75, 3.05) is 13.2 Å². The number of ether oxygens (including phenoxy) is 1. The van der Waals surface area contributed by atoms with Crippen molar-refractivity contribution in [1.82, 2.24) is 0 Å². The van der Waals surface area contributed by atoms with Gasteiger partial charge in [-0.05, 0) is 0 Å². The highest BCUT2D eigenvalue weighted by Gasteiger charge is 2.53. The Morgan fingerprint density at radius 1 is 1.75 bits per heavy atom. The topological polar surface area (TPSA) is 32.8 Å². The third-order valence-electron chi connectivity index (χ3n) is 1.18. The first-order valence-electron chi connectivity index (χ1n) is 2.24. The molecule has 1 atom stereocenters. The van der Waals surface area contributed by atoms with Crippen molar-refractivity contribution in [3.8, 4) is 0 Å². The van der Waals surface area contributed by atoms with Crippen LogP contribution in [0.25, 0.3) is 0 Å². The van der Waals surface area contributed by atoms with Crippen LogP contribution >= 0.6 is 0 Å². The summed E-state index contributed by atoms with van der Waals surface area (Å²) in [7, 11) is 0. The summed E-state index contributed by atoms with van der Waals surface area (Å²) in [6, 6.07) is 0. The van der Waals surface area contributed by atoms with Crippen LogP contribution in [0.2, 0.25) is 0 Å². The van der Waals surface area contributed by atoms with Gasteiger partial charge in [0.25, 0.3) is 6.43 Å². The molecule has 2 nitrogen and oxygen atoms in total. The van der Waals surface area contributed by atoms with Gasteiger partial charge in [0.05, 0.1) is 13.2 Å². The molecule has 0 aromatic carbocycles. The molecule has 1 saturated heterocycles. The SMILES string of the molecule is OC[C@@]1(C(F)F)CO1. The summed E-state index contributed by atoms with van der Waals surface area (Å²) in [6.45, 7) is -0.591. The molecule has 0 unspecified atom stereocenters. The van der Waals surface area contributed by atoms with E-state index in [9.17, 15) is 8.78 Å². The van der Waals surface area contributed by atoms with Crippen molar-refractivity contribution < 1.29 is 18.6 Å². The lowest BCUT2D eigenvalue weighted by atomic mass is 10.2. The summed E-state index contributed by atoms with van der Waals surface area (Å²) >= 11 is 0. The summed E-state index contributed by atoms with van der Waals surface area (Å²) in [5.74, 6) is 0. The van der Waals surface area contributed by atoms with Crippen molar-refractivity contribution >= 4 is 0 Å². The Bertz CT molecular complexity index is 90.0. The first-order chi connectivity index (χ1) is 3.71. The van der Waals surface area contributed by atoms with Gasteiger partial charge in [0.15, 0.2) is 5.60 Å². The minimum Gasteiger partial charge on any atom is -0.393 e. The monoisotopic (exact) mass is 124 g/mol. The average Bonchev–Trinajstić information content (AvgIpc) is 2.44. The zero-order valence-electron chi connectivity index (χ0n) is 4.10. The lowest BCUT2D eigenvalue weighted by Crippen LogP contribution is -2.26. The van der Waals surface area contributed by atoms with Crippen LogP contribution < -0.4 is 0 Å². The molecule has 0 amide bonds. The largest absolute Gasteiger partial charge is 0.393 e. The molecule has 1 aliphatic rings. The van der Waals surface area contributed by atoms with E-state index in [0.29, 0.717) is 0 Å². The summed E-state index contributed by atoms with van der Waals surface area (Å²) in [5, 5.41) is 8.22. The maximum Gasteiger partial charge on any atom is 0.271 e. The predicted octanol–water partition coefficient (Wildman–Crippen LogP) is 0.0128. The number of epoxide rings is 1. The van der Waals surface area contributed by atoms with Crippen molar-refractivity contribution in [1.29, 1.82) is 0 Å². The summed E-state index contributed by atoms with van der Waals surface area (Å²) in [5.41, 5.74) is -1.49. The van der Waals surface area contributed by atoms with Gasteiger partial charge in [-0.3, -0.25) is 0 Å².